The minimum absolute atomic E-state index is 0.0124. The molecule has 1 unspecified atom stereocenters. The van der Waals surface area contributed by atoms with Crippen molar-refractivity contribution in [2.24, 2.45) is 0 Å². The number of ether oxygens (including phenoxy) is 2. The van der Waals surface area contributed by atoms with Crippen LogP contribution >= 0.6 is 11.8 Å². The number of imide groups is 1. The SMILES string of the molecule is COC(=O)c1cc(N2C(=O)CC(SC)C2=O)c(C(=O)OC)cc1N. The minimum atomic E-state index is -0.777. The smallest absolute Gasteiger partial charge is 0.340 e. The summed E-state index contributed by atoms with van der Waals surface area (Å²) in [4.78, 5) is 49.4. The van der Waals surface area contributed by atoms with Gasteiger partial charge in [-0.3, -0.25) is 9.59 Å². The van der Waals surface area contributed by atoms with Gasteiger partial charge in [-0.1, -0.05) is 0 Å². The quantitative estimate of drug-likeness (QED) is 0.481. The predicted octanol–water partition coefficient (Wildman–Crippen LogP) is 0.837. The Balaban J connectivity index is 2.66. The first-order valence-corrected chi connectivity index (χ1v) is 8.14. The van der Waals surface area contributed by atoms with Gasteiger partial charge in [-0.15, -0.1) is 0 Å². The molecule has 1 aliphatic heterocycles. The minimum Gasteiger partial charge on any atom is -0.465 e. The monoisotopic (exact) mass is 352 g/mol. The maximum absolute atomic E-state index is 12.4. The van der Waals surface area contributed by atoms with Crippen LogP contribution in [0.5, 0.6) is 0 Å². The van der Waals surface area contributed by atoms with Crippen LogP contribution in [0, 0.1) is 0 Å². The van der Waals surface area contributed by atoms with Gasteiger partial charge in [0.1, 0.15) is 0 Å². The van der Waals surface area contributed by atoms with Crippen molar-refractivity contribution in [2.45, 2.75) is 11.7 Å². The number of thioether (sulfide) groups is 1. The van der Waals surface area contributed by atoms with Crippen LogP contribution in [0.15, 0.2) is 12.1 Å². The molecule has 2 rings (SSSR count). The number of benzene rings is 1. The Labute approximate surface area is 142 Å². The summed E-state index contributed by atoms with van der Waals surface area (Å²) in [5.41, 5.74) is 5.59. The molecule has 0 saturated carbocycles. The standard InChI is InChI=1S/C15H16N2O6S/c1-22-14(20)7-5-10(8(4-9(7)16)15(21)23-2)17-12(18)6-11(24-3)13(17)19/h4-5,11H,6,16H2,1-3H3. The van der Waals surface area contributed by atoms with Crippen LogP contribution in [0.3, 0.4) is 0 Å². The molecule has 9 heteroatoms. The summed E-state index contributed by atoms with van der Waals surface area (Å²) in [5, 5.41) is -0.540. The molecule has 24 heavy (non-hydrogen) atoms. The van der Waals surface area contributed by atoms with Crippen molar-refractivity contribution in [2.75, 3.05) is 31.1 Å². The molecule has 1 saturated heterocycles. The van der Waals surface area contributed by atoms with Crippen LogP contribution in [0.25, 0.3) is 0 Å². The summed E-state index contributed by atoms with van der Waals surface area (Å²) in [7, 11) is 2.33. The number of carbonyl (C=O) groups is 4. The second-order valence-corrected chi connectivity index (χ2v) is 5.98. The number of hydrogen-bond acceptors (Lipinski definition) is 8. The van der Waals surface area contributed by atoms with Crippen LogP contribution in [-0.4, -0.2) is 49.5 Å². The molecule has 1 atom stereocenters. The number of nitrogens with zero attached hydrogens (tertiary/aromatic N) is 1. The topological polar surface area (TPSA) is 116 Å². The lowest BCUT2D eigenvalue weighted by molar-refractivity contribution is -0.121. The Morgan fingerprint density at radius 2 is 1.75 bits per heavy atom. The van der Waals surface area contributed by atoms with Crippen molar-refractivity contribution in [1.29, 1.82) is 0 Å². The number of hydrogen-bond donors (Lipinski definition) is 1. The average Bonchev–Trinajstić information content (AvgIpc) is 2.87. The van der Waals surface area contributed by atoms with E-state index in [0.29, 0.717) is 0 Å². The lowest BCUT2D eigenvalue weighted by Gasteiger charge is -2.19. The van der Waals surface area contributed by atoms with Crippen molar-refractivity contribution in [3.05, 3.63) is 23.3 Å². The molecule has 1 aromatic rings. The molecule has 128 valence electrons. The molecule has 1 heterocycles. The zero-order valence-corrected chi connectivity index (χ0v) is 14.1. The Morgan fingerprint density at radius 1 is 1.17 bits per heavy atom. The summed E-state index contributed by atoms with van der Waals surface area (Å²) < 4.78 is 9.31. The first-order valence-electron chi connectivity index (χ1n) is 6.85. The molecule has 1 aliphatic rings. The summed E-state index contributed by atoms with van der Waals surface area (Å²) in [6, 6.07) is 2.40. The van der Waals surface area contributed by atoms with E-state index >= 15 is 0 Å². The lowest BCUT2D eigenvalue weighted by atomic mass is 10.1. The molecule has 0 spiro atoms. The number of nitrogens with two attached hydrogens (primary N) is 1. The number of esters is 2. The zero-order valence-electron chi connectivity index (χ0n) is 13.3. The molecular formula is C15H16N2O6S. The highest BCUT2D eigenvalue weighted by molar-refractivity contribution is 8.00. The van der Waals surface area contributed by atoms with E-state index < -0.39 is 29.0 Å². The van der Waals surface area contributed by atoms with E-state index in [-0.39, 0.29) is 28.9 Å². The second kappa shape index (κ2) is 6.91. The predicted molar refractivity (Wildman–Crippen MR) is 87.9 cm³/mol. The number of nitrogen functional groups attached to an aromatic ring is 1. The fourth-order valence-corrected chi connectivity index (χ4v) is 3.01. The summed E-state index contributed by atoms with van der Waals surface area (Å²) >= 11 is 1.24. The van der Waals surface area contributed by atoms with Gasteiger partial charge in [0.25, 0.3) is 0 Å². The molecule has 0 aromatic heterocycles. The summed E-state index contributed by atoms with van der Waals surface area (Å²) in [6.07, 6.45) is 1.72. The molecule has 1 fully saturated rings. The van der Waals surface area contributed by atoms with Gasteiger partial charge in [0, 0.05) is 12.1 Å². The van der Waals surface area contributed by atoms with E-state index in [9.17, 15) is 19.2 Å². The van der Waals surface area contributed by atoms with Crippen LogP contribution in [0.2, 0.25) is 0 Å². The Bertz CT molecular complexity index is 733. The van der Waals surface area contributed by atoms with Crippen LogP contribution in [-0.2, 0) is 19.1 Å². The largest absolute Gasteiger partial charge is 0.465 e. The van der Waals surface area contributed by atoms with Gasteiger partial charge in [-0.2, -0.15) is 11.8 Å². The van der Waals surface area contributed by atoms with Gasteiger partial charge in [-0.05, 0) is 18.4 Å². The third-order valence-electron chi connectivity index (χ3n) is 3.61. The number of methoxy groups -OCH3 is 2. The van der Waals surface area contributed by atoms with Crippen molar-refractivity contribution in [1.82, 2.24) is 0 Å². The maximum Gasteiger partial charge on any atom is 0.340 e. The van der Waals surface area contributed by atoms with Gasteiger partial charge < -0.3 is 15.2 Å². The molecule has 2 N–H and O–H groups in total. The van der Waals surface area contributed by atoms with Crippen molar-refractivity contribution >= 4 is 46.9 Å². The van der Waals surface area contributed by atoms with E-state index in [0.717, 1.165) is 12.0 Å². The first-order chi connectivity index (χ1) is 11.3. The van der Waals surface area contributed by atoms with Crippen LogP contribution in [0.1, 0.15) is 27.1 Å². The maximum atomic E-state index is 12.4. The number of amides is 2. The normalized spacial score (nSPS) is 17.1. The Hall–Kier alpha value is -2.55. The molecule has 0 radical (unpaired) electrons. The second-order valence-electron chi connectivity index (χ2n) is 4.94. The van der Waals surface area contributed by atoms with E-state index in [1.165, 1.54) is 31.0 Å². The zero-order chi connectivity index (χ0) is 18.0. The number of rotatable bonds is 4. The third-order valence-corrected chi connectivity index (χ3v) is 4.55. The summed E-state index contributed by atoms with van der Waals surface area (Å²) in [6.45, 7) is 0. The van der Waals surface area contributed by atoms with Crippen LogP contribution < -0.4 is 10.6 Å². The number of anilines is 2. The lowest BCUT2D eigenvalue weighted by Crippen LogP contribution is -2.33. The van der Waals surface area contributed by atoms with Crippen molar-refractivity contribution in [3.8, 4) is 0 Å². The third kappa shape index (κ3) is 2.94. The molecule has 0 bridgehead atoms. The van der Waals surface area contributed by atoms with Gasteiger partial charge >= 0.3 is 11.9 Å². The molecule has 8 nitrogen and oxygen atoms in total. The highest BCUT2D eigenvalue weighted by atomic mass is 32.2. The van der Waals surface area contributed by atoms with E-state index in [2.05, 4.69) is 9.47 Å². The summed E-state index contributed by atoms with van der Waals surface area (Å²) in [5.74, 6) is -2.45. The van der Waals surface area contributed by atoms with E-state index in [1.54, 1.807) is 6.26 Å². The molecule has 0 aliphatic carbocycles. The highest BCUT2D eigenvalue weighted by Crippen LogP contribution is 2.34. The van der Waals surface area contributed by atoms with Crippen molar-refractivity contribution < 1.29 is 28.7 Å². The molecular weight excluding hydrogens is 336 g/mol. The first kappa shape index (κ1) is 17.8. The van der Waals surface area contributed by atoms with Crippen LogP contribution in [0.4, 0.5) is 11.4 Å². The molecule has 1 aromatic carbocycles. The van der Waals surface area contributed by atoms with Gasteiger partial charge in [0.2, 0.25) is 11.8 Å². The van der Waals surface area contributed by atoms with E-state index in [4.69, 9.17) is 5.73 Å². The van der Waals surface area contributed by atoms with Gasteiger partial charge in [-0.25, -0.2) is 14.5 Å². The van der Waals surface area contributed by atoms with Gasteiger partial charge in [0.05, 0.1) is 36.3 Å². The van der Waals surface area contributed by atoms with E-state index in [1.807, 2.05) is 0 Å². The fraction of sp³-hybridized carbons (Fsp3) is 0.333. The van der Waals surface area contributed by atoms with Crippen molar-refractivity contribution in [3.63, 3.8) is 0 Å². The number of carbonyl (C=O) groups excluding carboxylic acids is 4. The molecule has 2 amide bonds. The Morgan fingerprint density at radius 3 is 2.25 bits per heavy atom. The van der Waals surface area contributed by atoms with Gasteiger partial charge in [0.15, 0.2) is 0 Å². The Kier molecular flexibility index (Phi) is 5.13. The highest BCUT2D eigenvalue weighted by Gasteiger charge is 2.41. The fourth-order valence-electron chi connectivity index (χ4n) is 2.39. The average molecular weight is 352 g/mol.